The van der Waals surface area contributed by atoms with Crippen molar-refractivity contribution in [3.8, 4) is 11.6 Å². The van der Waals surface area contributed by atoms with Gasteiger partial charge in [-0.1, -0.05) is 11.6 Å². The second kappa shape index (κ2) is 8.02. The summed E-state index contributed by atoms with van der Waals surface area (Å²) in [6, 6.07) is 4.37. The summed E-state index contributed by atoms with van der Waals surface area (Å²) in [7, 11) is 1.47. The number of hydrogen-bond acceptors (Lipinski definition) is 7. The van der Waals surface area contributed by atoms with Crippen molar-refractivity contribution in [2.75, 3.05) is 12.4 Å². The van der Waals surface area contributed by atoms with Gasteiger partial charge in [0, 0.05) is 5.38 Å². The van der Waals surface area contributed by atoms with E-state index in [1.165, 1.54) is 36.8 Å². The number of anilines is 1. The van der Waals surface area contributed by atoms with Crippen LogP contribution in [-0.4, -0.2) is 33.2 Å². The van der Waals surface area contributed by atoms with Crippen LogP contribution >= 0.6 is 22.9 Å². The van der Waals surface area contributed by atoms with Gasteiger partial charge < -0.3 is 14.8 Å². The van der Waals surface area contributed by atoms with Crippen molar-refractivity contribution in [1.29, 1.82) is 0 Å². The molecule has 11 heteroatoms. The standard InChI is InChI=1S/C18H13ClFN5O3S/c1-27-18-11-4-9(5-21-16(11)24-25-18)23-17(26)14-12(19)2-3-13(15(14)20)28-6-10-7-29-8-22-10/h2-5,7-8H,6H2,1H3,(H,23,26)(H,21,24,25). The number of hydrogen-bond donors (Lipinski definition) is 2. The molecule has 4 aromatic rings. The Balaban J connectivity index is 1.58. The highest BCUT2D eigenvalue weighted by atomic mass is 35.5. The van der Waals surface area contributed by atoms with Gasteiger partial charge in [0.05, 0.1) is 46.2 Å². The number of halogens is 2. The molecule has 2 N–H and O–H groups in total. The van der Waals surface area contributed by atoms with Crippen LogP contribution in [0.5, 0.6) is 11.6 Å². The average Bonchev–Trinajstić information content (AvgIpc) is 3.36. The Bertz CT molecular complexity index is 1180. The molecule has 3 heterocycles. The lowest BCUT2D eigenvalue weighted by atomic mass is 10.1. The van der Waals surface area contributed by atoms with Gasteiger partial charge >= 0.3 is 0 Å². The highest BCUT2D eigenvalue weighted by molar-refractivity contribution is 7.07. The van der Waals surface area contributed by atoms with Crippen molar-refractivity contribution >= 4 is 45.6 Å². The van der Waals surface area contributed by atoms with E-state index in [0.29, 0.717) is 28.3 Å². The Morgan fingerprint density at radius 3 is 3.00 bits per heavy atom. The van der Waals surface area contributed by atoms with Gasteiger partial charge in [0.25, 0.3) is 5.91 Å². The first kappa shape index (κ1) is 19.1. The summed E-state index contributed by atoms with van der Waals surface area (Å²) in [5, 5.41) is 11.5. The fourth-order valence-electron chi connectivity index (χ4n) is 2.61. The summed E-state index contributed by atoms with van der Waals surface area (Å²) >= 11 is 7.47. The number of nitrogens with zero attached hydrogens (tertiary/aromatic N) is 3. The molecule has 0 radical (unpaired) electrons. The number of nitrogens with one attached hydrogen (secondary N) is 2. The van der Waals surface area contributed by atoms with Crippen LogP contribution in [0.25, 0.3) is 11.0 Å². The highest BCUT2D eigenvalue weighted by Gasteiger charge is 2.21. The number of carbonyl (C=O) groups excluding carboxylic acids is 1. The number of aromatic nitrogens is 4. The highest BCUT2D eigenvalue weighted by Crippen LogP contribution is 2.29. The normalized spacial score (nSPS) is 10.9. The number of methoxy groups -OCH3 is 1. The number of aromatic amines is 1. The van der Waals surface area contributed by atoms with Gasteiger partial charge in [0.15, 0.2) is 17.2 Å². The van der Waals surface area contributed by atoms with Crippen LogP contribution in [0.1, 0.15) is 16.1 Å². The molecule has 0 aliphatic heterocycles. The lowest BCUT2D eigenvalue weighted by Gasteiger charge is -2.11. The van der Waals surface area contributed by atoms with Crippen molar-refractivity contribution in [3.63, 3.8) is 0 Å². The minimum absolute atomic E-state index is 0.0454. The SMILES string of the molecule is COc1n[nH]c2ncc(NC(=O)c3c(Cl)ccc(OCc4cscn4)c3F)cc12. The summed E-state index contributed by atoms with van der Waals surface area (Å²) in [6.45, 7) is 0.0734. The minimum atomic E-state index is -0.861. The number of benzene rings is 1. The molecule has 0 bridgehead atoms. The number of thiazole rings is 1. The molecule has 148 valence electrons. The number of H-pyrrole nitrogens is 1. The third-order valence-electron chi connectivity index (χ3n) is 3.97. The molecule has 0 spiro atoms. The van der Waals surface area contributed by atoms with Crippen molar-refractivity contribution in [2.45, 2.75) is 6.61 Å². The zero-order valence-electron chi connectivity index (χ0n) is 14.9. The van der Waals surface area contributed by atoms with Crippen molar-refractivity contribution < 1.29 is 18.7 Å². The molecule has 0 aliphatic rings. The van der Waals surface area contributed by atoms with Crippen molar-refractivity contribution in [3.05, 3.63) is 57.4 Å². The number of ether oxygens (including phenoxy) is 2. The topological polar surface area (TPSA) is 102 Å². The minimum Gasteiger partial charge on any atom is -0.484 e. The van der Waals surface area contributed by atoms with E-state index in [1.54, 1.807) is 17.0 Å². The Hall–Kier alpha value is -3.24. The monoisotopic (exact) mass is 433 g/mol. The molecule has 0 saturated carbocycles. The Kier molecular flexibility index (Phi) is 5.28. The van der Waals surface area contributed by atoms with E-state index < -0.39 is 11.7 Å². The first-order valence-corrected chi connectivity index (χ1v) is 9.56. The number of amides is 1. The van der Waals surface area contributed by atoms with Gasteiger partial charge in [-0.25, -0.2) is 14.4 Å². The molecule has 0 fully saturated rings. The average molecular weight is 434 g/mol. The maximum atomic E-state index is 14.9. The van der Waals surface area contributed by atoms with E-state index in [2.05, 4.69) is 25.5 Å². The Morgan fingerprint density at radius 1 is 1.38 bits per heavy atom. The molecule has 3 aromatic heterocycles. The predicted molar refractivity (Wildman–Crippen MR) is 106 cm³/mol. The molecule has 0 saturated heterocycles. The van der Waals surface area contributed by atoms with Crippen LogP contribution in [-0.2, 0) is 6.61 Å². The summed E-state index contributed by atoms with van der Waals surface area (Å²) < 4.78 is 25.5. The van der Waals surface area contributed by atoms with Crippen molar-refractivity contribution in [2.24, 2.45) is 0 Å². The Labute approximate surface area is 172 Å². The van der Waals surface area contributed by atoms with Gasteiger partial charge in [-0.15, -0.1) is 16.4 Å². The smallest absolute Gasteiger partial charge is 0.260 e. The quantitative estimate of drug-likeness (QED) is 0.475. The number of fused-ring (bicyclic) bond motifs is 1. The first-order valence-electron chi connectivity index (χ1n) is 8.24. The van der Waals surface area contributed by atoms with Crippen LogP contribution < -0.4 is 14.8 Å². The zero-order valence-corrected chi connectivity index (χ0v) is 16.5. The fraction of sp³-hybridized carbons (Fsp3) is 0.111. The van der Waals surface area contributed by atoms with Crippen LogP contribution in [0, 0.1) is 5.82 Å². The first-order chi connectivity index (χ1) is 14.1. The number of carbonyl (C=O) groups is 1. The van der Waals surface area contributed by atoms with Crippen LogP contribution in [0.15, 0.2) is 35.3 Å². The molecule has 0 aliphatic carbocycles. The number of pyridine rings is 1. The van der Waals surface area contributed by atoms with Gasteiger partial charge in [0.2, 0.25) is 5.88 Å². The van der Waals surface area contributed by atoms with Gasteiger partial charge in [-0.3, -0.25) is 9.89 Å². The van der Waals surface area contributed by atoms with E-state index >= 15 is 0 Å². The summed E-state index contributed by atoms with van der Waals surface area (Å²) in [6.07, 6.45) is 1.41. The van der Waals surface area contributed by atoms with Gasteiger partial charge in [-0.05, 0) is 18.2 Å². The van der Waals surface area contributed by atoms with E-state index in [1.807, 2.05) is 0 Å². The Morgan fingerprint density at radius 2 is 2.24 bits per heavy atom. The maximum absolute atomic E-state index is 14.9. The molecular formula is C18H13ClFN5O3S. The molecule has 1 amide bonds. The van der Waals surface area contributed by atoms with E-state index in [0.717, 1.165) is 0 Å². The van der Waals surface area contributed by atoms with Gasteiger partial charge in [-0.2, -0.15) is 0 Å². The molecule has 29 heavy (non-hydrogen) atoms. The lowest BCUT2D eigenvalue weighted by Crippen LogP contribution is -2.15. The van der Waals surface area contributed by atoms with Crippen LogP contribution in [0.2, 0.25) is 5.02 Å². The van der Waals surface area contributed by atoms with E-state index in [9.17, 15) is 9.18 Å². The molecule has 8 nitrogen and oxygen atoms in total. The van der Waals surface area contributed by atoms with Crippen LogP contribution in [0.3, 0.4) is 0 Å². The summed E-state index contributed by atoms with van der Waals surface area (Å²) in [5.74, 6) is -1.38. The second-order valence-corrected chi connectivity index (χ2v) is 6.94. The molecule has 4 rings (SSSR count). The molecule has 0 unspecified atom stereocenters. The number of rotatable bonds is 6. The third-order valence-corrected chi connectivity index (χ3v) is 4.92. The fourth-order valence-corrected chi connectivity index (χ4v) is 3.39. The van der Waals surface area contributed by atoms with E-state index in [-0.39, 0.29) is 22.9 Å². The largest absolute Gasteiger partial charge is 0.484 e. The third kappa shape index (κ3) is 3.84. The zero-order chi connectivity index (χ0) is 20.4. The van der Waals surface area contributed by atoms with Crippen molar-refractivity contribution in [1.82, 2.24) is 20.2 Å². The summed E-state index contributed by atoms with van der Waals surface area (Å²) in [4.78, 5) is 20.9. The van der Waals surface area contributed by atoms with Crippen LogP contribution in [0.4, 0.5) is 10.1 Å². The maximum Gasteiger partial charge on any atom is 0.260 e. The molecular weight excluding hydrogens is 421 g/mol. The van der Waals surface area contributed by atoms with E-state index in [4.69, 9.17) is 21.1 Å². The lowest BCUT2D eigenvalue weighted by molar-refractivity contribution is 0.102. The predicted octanol–water partition coefficient (Wildman–Crippen LogP) is 4.05. The van der Waals surface area contributed by atoms with Gasteiger partial charge in [0.1, 0.15) is 6.61 Å². The second-order valence-electron chi connectivity index (χ2n) is 5.81. The molecule has 0 atom stereocenters. The summed E-state index contributed by atoms with van der Waals surface area (Å²) in [5.41, 5.74) is 2.79. The molecule has 1 aromatic carbocycles.